The molecule has 1 aromatic heterocycles. The van der Waals surface area contributed by atoms with E-state index in [0.717, 1.165) is 21.1 Å². The van der Waals surface area contributed by atoms with Crippen molar-refractivity contribution in [1.29, 1.82) is 0 Å². The van der Waals surface area contributed by atoms with Gasteiger partial charge in [0.2, 0.25) is 0 Å². The lowest BCUT2D eigenvalue weighted by Gasteiger charge is -2.05. The fourth-order valence-electron chi connectivity index (χ4n) is 2.29. The normalized spacial score (nSPS) is 12.0. The van der Waals surface area contributed by atoms with Gasteiger partial charge in [-0.25, -0.2) is 4.99 Å². The smallest absolute Gasteiger partial charge is 0.190 e. The summed E-state index contributed by atoms with van der Waals surface area (Å²) in [5.74, 6) is 0.0572. The minimum atomic E-state index is 0.0572. The van der Waals surface area contributed by atoms with E-state index in [2.05, 4.69) is 19.9 Å². The molecule has 0 aliphatic heterocycles. The zero-order chi connectivity index (χ0) is 16.3. The number of ketones is 1. The zero-order valence-corrected chi connectivity index (χ0v) is 14.3. The number of aliphatic hydroxyl groups excluding tert-OH is 1. The average Bonchev–Trinajstić information content (AvgIpc) is 2.77. The lowest BCUT2D eigenvalue weighted by atomic mass is 10.1. The first kappa shape index (κ1) is 16.6. The van der Waals surface area contributed by atoms with Crippen molar-refractivity contribution in [3.05, 3.63) is 44.7 Å². The van der Waals surface area contributed by atoms with Gasteiger partial charge in [-0.1, -0.05) is 17.4 Å². The Labute approximate surface area is 134 Å². The molecule has 1 N–H and O–H groups in total. The first-order chi connectivity index (χ1) is 10.4. The number of rotatable bonds is 5. The molecular formula is C17H22N2O2S. The van der Waals surface area contributed by atoms with Crippen LogP contribution in [0.5, 0.6) is 0 Å². The summed E-state index contributed by atoms with van der Waals surface area (Å²) in [5, 5.41) is 9.07. The lowest BCUT2D eigenvalue weighted by Crippen LogP contribution is -2.17. The summed E-state index contributed by atoms with van der Waals surface area (Å²) in [5.41, 5.74) is 4.24. The minimum Gasteiger partial charge on any atom is -0.396 e. The molecule has 2 rings (SSSR count). The number of benzene rings is 1. The number of Topliss-reactive ketones (excluding diaryl/α,β-unsaturated/α-hetero) is 1. The second-order valence-electron chi connectivity index (χ2n) is 5.46. The Bertz CT molecular complexity index is 757. The molecule has 0 bridgehead atoms. The fraction of sp³-hybridized carbons (Fsp3) is 0.412. The Morgan fingerprint density at radius 2 is 2.00 bits per heavy atom. The number of carbonyl (C=O) groups is 1. The van der Waals surface area contributed by atoms with E-state index in [-0.39, 0.29) is 12.4 Å². The van der Waals surface area contributed by atoms with Crippen molar-refractivity contribution >= 4 is 22.8 Å². The van der Waals surface area contributed by atoms with Crippen molar-refractivity contribution in [2.75, 3.05) is 6.61 Å². The second-order valence-corrected chi connectivity index (χ2v) is 6.44. The van der Waals surface area contributed by atoms with Gasteiger partial charge in [0.05, 0.1) is 10.6 Å². The highest BCUT2D eigenvalue weighted by atomic mass is 32.1. The van der Waals surface area contributed by atoms with Gasteiger partial charge in [0.1, 0.15) is 0 Å². The summed E-state index contributed by atoms with van der Waals surface area (Å²) in [6, 6.07) is 6.09. The fourth-order valence-corrected chi connectivity index (χ4v) is 3.37. The molecule has 4 nitrogen and oxygen atoms in total. The van der Waals surface area contributed by atoms with Crippen LogP contribution in [0.15, 0.2) is 23.2 Å². The van der Waals surface area contributed by atoms with Gasteiger partial charge in [0.15, 0.2) is 10.6 Å². The van der Waals surface area contributed by atoms with Crippen LogP contribution < -0.4 is 4.80 Å². The van der Waals surface area contributed by atoms with E-state index in [4.69, 9.17) is 10.1 Å². The molecule has 0 aliphatic rings. The summed E-state index contributed by atoms with van der Waals surface area (Å²) < 4.78 is 2.02. The molecule has 0 radical (unpaired) electrons. The quantitative estimate of drug-likeness (QED) is 0.860. The van der Waals surface area contributed by atoms with Gasteiger partial charge in [0.25, 0.3) is 0 Å². The van der Waals surface area contributed by atoms with Crippen LogP contribution >= 0.6 is 11.3 Å². The first-order valence-electron chi connectivity index (χ1n) is 7.38. The molecule has 0 saturated carbocycles. The van der Waals surface area contributed by atoms with Crippen molar-refractivity contribution < 1.29 is 9.90 Å². The topological polar surface area (TPSA) is 54.6 Å². The molecule has 0 saturated heterocycles. The summed E-state index contributed by atoms with van der Waals surface area (Å²) in [7, 11) is 0. The summed E-state index contributed by atoms with van der Waals surface area (Å²) in [6.45, 7) is 8.44. The van der Waals surface area contributed by atoms with Crippen LogP contribution in [-0.4, -0.2) is 22.1 Å². The summed E-state index contributed by atoms with van der Waals surface area (Å²) >= 11 is 1.41. The van der Waals surface area contributed by atoms with E-state index in [1.807, 2.05) is 23.6 Å². The van der Waals surface area contributed by atoms with Gasteiger partial charge in [0, 0.05) is 25.8 Å². The van der Waals surface area contributed by atoms with Crippen LogP contribution in [0.4, 0.5) is 5.69 Å². The van der Waals surface area contributed by atoms with Crippen LogP contribution in [0.1, 0.15) is 39.8 Å². The van der Waals surface area contributed by atoms with E-state index in [1.54, 1.807) is 6.92 Å². The number of hydrogen-bond acceptors (Lipinski definition) is 4. The number of aryl methyl sites for hydroxylation is 2. The van der Waals surface area contributed by atoms with Gasteiger partial charge in [-0.15, -0.1) is 0 Å². The first-order valence-corrected chi connectivity index (χ1v) is 8.19. The van der Waals surface area contributed by atoms with E-state index in [0.29, 0.717) is 13.0 Å². The van der Waals surface area contributed by atoms with Crippen LogP contribution in [-0.2, 0) is 6.54 Å². The molecule has 0 atom stereocenters. The molecule has 0 aliphatic carbocycles. The predicted octanol–water partition coefficient (Wildman–Crippen LogP) is 3.29. The van der Waals surface area contributed by atoms with Gasteiger partial charge >= 0.3 is 0 Å². The number of carbonyl (C=O) groups excluding carboxylic acids is 1. The predicted molar refractivity (Wildman–Crippen MR) is 89.9 cm³/mol. The number of aromatic nitrogens is 1. The lowest BCUT2D eigenvalue weighted by molar-refractivity contribution is 0.102. The van der Waals surface area contributed by atoms with Crippen molar-refractivity contribution in [3.63, 3.8) is 0 Å². The van der Waals surface area contributed by atoms with E-state index in [1.165, 1.54) is 22.5 Å². The third kappa shape index (κ3) is 3.54. The van der Waals surface area contributed by atoms with Crippen LogP contribution in [0, 0.1) is 20.8 Å². The Kier molecular flexibility index (Phi) is 5.32. The van der Waals surface area contributed by atoms with Crippen molar-refractivity contribution in [1.82, 2.24) is 4.57 Å². The summed E-state index contributed by atoms with van der Waals surface area (Å²) in [4.78, 5) is 18.0. The SMILES string of the molecule is CC(=O)c1sc(=Nc2ccc(C)c(C)c2)n(CCCO)c1C. The number of hydrogen-bond donors (Lipinski definition) is 1. The van der Waals surface area contributed by atoms with Crippen LogP contribution in [0.2, 0.25) is 0 Å². The summed E-state index contributed by atoms with van der Waals surface area (Å²) in [6.07, 6.45) is 0.648. The molecule has 1 heterocycles. The van der Waals surface area contributed by atoms with Crippen molar-refractivity contribution in [2.45, 2.75) is 40.7 Å². The maximum atomic E-state index is 11.8. The van der Waals surface area contributed by atoms with Gasteiger partial charge < -0.3 is 9.67 Å². The Hall–Kier alpha value is -1.72. The third-order valence-electron chi connectivity index (χ3n) is 3.73. The van der Waals surface area contributed by atoms with Crippen LogP contribution in [0.25, 0.3) is 0 Å². The number of thiazole rings is 1. The molecule has 0 spiro atoms. The molecule has 0 amide bonds. The van der Waals surface area contributed by atoms with Crippen molar-refractivity contribution in [2.24, 2.45) is 4.99 Å². The molecule has 0 unspecified atom stereocenters. The molecule has 118 valence electrons. The average molecular weight is 318 g/mol. The van der Waals surface area contributed by atoms with E-state index in [9.17, 15) is 4.79 Å². The molecule has 2 aromatic rings. The maximum Gasteiger partial charge on any atom is 0.190 e. The van der Waals surface area contributed by atoms with Gasteiger partial charge in [-0.05, 0) is 50.5 Å². The van der Waals surface area contributed by atoms with Gasteiger partial charge in [-0.3, -0.25) is 4.79 Å². The number of aliphatic hydroxyl groups is 1. The minimum absolute atomic E-state index is 0.0572. The highest BCUT2D eigenvalue weighted by molar-refractivity contribution is 7.11. The Balaban J connectivity index is 2.56. The maximum absolute atomic E-state index is 11.8. The monoisotopic (exact) mass is 318 g/mol. The van der Waals surface area contributed by atoms with E-state index < -0.39 is 0 Å². The highest BCUT2D eigenvalue weighted by Gasteiger charge is 2.13. The molecule has 1 aromatic carbocycles. The third-order valence-corrected chi connectivity index (χ3v) is 5.01. The zero-order valence-electron chi connectivity index (χ0n) is 13.5. The van der Waals surface area contributed by atoms with Crippen molar-refractivity contribution in [3.8, 4) is 0 Å². The van der Waals surface area contributed by atoms with Crippen LogP contribution in [0.3, 0.4) is 0 Å². The largest absolute Gasteiger partial charge is 0.396 e. The molecule has 22 heavy (non-hydrogen) atoms. The Morgan fingerprint density at radius 3 is 2.59 bits per heavy atom. The van der Waals surface area contributed by atoms with E-state index >= 15 is 0 Å². The van der Waals surface area contributed by atoms with Gasteiger partial charge in [-0.2, -0.15) is 0 Å². The highest BCUT2D eigenvalue weighted by Crippen LogP contribution is 2.18. The standard InChI is InChI=1S/C17H22N2O2S/c1-11-6-7-15(10-12(11)2)18-17-19(8-5-9-20)13(3)16(22-17)14(4)21/h6-7,10,20H,5,8-9H2,1-4H3. The molecular weight excluding hydrogens is 296 g/mol. The molecule has 5 heteroatoms. The number of nitrogens with zero attached hydrogens (tertiary/aromatic N) is 2. The molecule has 0 fully saturated rings. The second kappa shape index (κ2) is 7.03. The Morgan fingerprint density at radius 1 is 1.27 bits per heavy atom.